The minimum absolute atomic E-state index is 0.00125. The van der Waals surface area contributed by atoms with Crippen molar-refractivity contribution in [3.8, 4) is 0 Å². The van der Waals surface area contributed by atoms with Crippen LogP contribution in [0.3, 0.4) is 0 Å². The predicted octanol–water partition coefficient (Wildman–Crippen LogP) is 2.58. The van der Waals surface area contributed by atoms with Crippen LogP contribution in [0.2, 0.25) is 0 Å². The van der Waals surface area contributed by atoms with Crippen molar-refractivity contribution in [3.63, 3.8) is 0 Å². The van der Waals surface area contributed by atoms with E-state index in [9.17, 15) is 4.79 Å². The number of ketones is 1. The van der Waals surface area contributed by atoms with Crippen LogP contribution in [0.5, 0.6) is 0 Å². The third kappa shape index (κ3) is 1.44. The van der Waals surface area contributed by atoms with E-state index in [4.69, 9.17) is 4.84 Å². The van der Waals surface area contributed by atoms with Crippen molar-refractivity contribution in [2.24, 2.45) is 0 Å². The Hall–Kier alpha value is -2.42. The molecular weight excluding hydrogens is 226 g/mol. The van der Waals surface area contributed by atoms with Crippen molar-refractivity contribution in [1.82, 2.24) is 0 Å². The Balaban J connectivity index is 2.24. The van der Waals surface area contributed by atoms with Crippen LogP contribution in [0.4, 0.5) is 5.69 Å². The quantitative estimate of drug-likeness (QED) is 0.752. The zero-order valence-corrected chi connectivity index (χ0v) is 9.96. The molecule has 0 radical (unpaired) electrons. The molecule has 0 saturated carbocycles. The topological polar surface area (TPSA) is 29.3 Å². The lowest BCUT2D eigenvalue weighted by Crippen LogP contribution is -2.18. The van der Waals surface area contributed by atoms with E-state index in [1.54, 1.807) is 11.8 Å². The summed E-state index contributed by atoms with van der Waals surface area (Å²) in [7, 11) is 1.57. The summed E-state index contributed by atoms with van der Waals surface area (Å²) in [5, 5.41) is 0. The van der Waals surface area contributed by atoms with Gasteiger partial charge in [0.2, 0.25) is 0 Å². The Morgan fingerprint density at radius 2 is 1.61 bits per heavy atom. The van der Waals surface area contributed by atoms with E-state index in [1.807, 2.05) is 54.6 Å². The lowest BCUT2D eigenvalue weighted by Gasteiger charge is -1.97. The van der Waals surface area contributed by atoms with E-state index >= 15 is 0 Å². The van der Waals surface area contributed by atoms with Crippen molar-refractivity contribution in [1.29, 1.82) is 0 Å². The molecule has 0 unspecified atom stereocenters. The first-order valence-electron chi connectivity index (χ1n) is 5.73. The minimum Gasteiger partial charge on any atom is -0.281 e. The number of benzene rings is 2. The summed E-state index contributed by atoms with van der Waals surface area (Å²) in [5.41, 5.74) is 2.90. The van der Waals surface area contributed by atoms with Gasteiger partial charge in [-0.3, -0.25) is 9.63 Å². The standard InChI is InChI=1S/C15H12NO2/c1-18-16-13-10-6-5-9-12(13)15(17)14(16)11-7-3-2-4-8-11/h2-10H,1H3/q+1. The van der Waals surface area contributed by atoms with Crippen molar-refractivity contribution in [2.75, 3.05) is 7.11 Å². The average Bonchev–Trinajstić information content (AvgIpc) is 2.73. The van der Waals surface area contributed by atoms with E-state index in [-0.39, 0.29) is 5.78 Å². The number of rotatable bonds is 2. The summed E-state index contributed by atoms with van der Waals surface area (Å²) in [6, 6.07) is 17.0. The van der Waals surface area contributed by atoms with Gasteiger partial charge >= 0.3 is 5.71 Å². The molecule has 2 aromatic carbocycles. The molecule has 1 heterocycles. The highest BCUT2D eigenvalue weighted by molar-refractivity contribution is 6.51. The van der Waals surface area contributed by atoms with Crippen LogP contribution >= 0.6 is 0 Å². The average molecular weight is 238 g/mol. The van der Waals surface area contributed by atoms with Gasteiger partial charge in [-0.15, -0.1) is 0 Å². The second-order valence-electron chi connectivity index (χ2n) is 4.04. The lowest BCUT2D eigenvalue weighted by molar-refractivity contribution is -0.717. The molecular formula is C15H12NO2+. The monoisotopic (exact) mass is 238 g/mol. The van der Waals surface area contributed by atoms with Crippen molar-refractivity contribution in [3.05, 3.63) is 65.7 Å². The zero-order valence-electron chi connectivity index (χ0n) is 9.96. The van der Waals surface area contributed by atoms with Gasteiger partial charge in [0, 0.05) is 10.8 Å². The van der Waals surface area contributed by atoms with Crippen LogP contribution in [0, 0.1) is 0 Å². The Morgan fingerprint density at radius 3 is 2.33 bits per heavy atom. The second-order valence-corrected chi connectivity index (χ2v) is 4.04. The van der Waals surface area contributed by atoms with Gasteiger partial charge < -0.3 is 0 Å². The van der Waals surface area contributed by atoms with E-state index < -0.39 is 0 Å². The molecule has 0 atom stereocenters. The van der Waals surface area contributed by atoms with Gasteiger partial charge in [-0.1, -0.05) is 30.3 Å². The molecule has 1 aliphatic rings. The number of nitrogens with zero attached hydrogens (tertiary/aromatic N) is 1. The van der Waals surface area contributed by atoms with Gasteiger partial charge in [-0.2, -0.15) is 0 Å². The Kier molecular flexibility index (Phi) is 2.45. The highest BCUT2D eigenvalue weighted by Gasteiger charge is 2.40. The maximum atomic E-state index is 12.4. The van der Waals surface area contributed by atoms with Crippen molar-refractivity contribution >= 4 is 17.2 Å². The molecule has 0 aliphatic carbocycles. The molecule has 88 valence electrons. The number of carbonyl (C=O) groups is 1. The SMILES string of the molecule is CO[N+]1=C(c2ccccc2)C(=O)c2ccccc21. The Labute approximate surface area is 105 Å². The van der Waals surface area contributed by atoms with Gasteiger partial charge in [0.1, 0.15) is 12.7 Å². The lowest BCUT2D eigenvalue weighted by atomic mass is 10.0. The molecule has 1 aliphatic heterocycles. The first kappa shape index (κ1) is 10.7. The van der Waals surface area contributed by atoms with E-state index in [2.05, 4.69) is 0 Å². The summed E-state index contributed by atoms with van der Waals surface area (Å²) in [6.45, 7) is 0. The van der Waals surface area contributed by atoms with Crippen LogP contribution in [-0.4, -0.2) is 23.3 Å². The summed E-state index contributed by atoms with van der Waals surface area (Å²) in [5.74, 6) is -0.00125. The fourth-order valence-corrected chi connectivity index (χ4v) is 2.22. The summed E-state index contributed by atoms with van der Waals surface area (Å²) >= 11 is 0. The van der Waals surface area contributed by atoms with Crippen LogP contribution in [0.1, 0.15) is 15.9 Å². The largest absolute Gasteiger partial charge is 0.313 e. The van der Waals surface area contributed by atoms with Crippen LogP contribution in [-0.2, 0) is 4.84 Å². The van der Waals surface area contributed by atoms with Gasteiger partial charge in [0.25, 0.3) is 11.5 Å². The summed E-state index contributed by atoms with van der Waals surface area (Å²) in [4.78, 5) is 17.8. The van der Waals surface area contributed by atoms with E-state index in [0.717, 1.165) is 11.3 Å². The molecule has 3 nitrogen and oxygen atoms in total. The van der Waals surface area contributed by atoms with Gasteiger partial charge in [0.05, 0.1) is 5.56 Å². The second kappa shape index (κ2) is 4.11. The third-order valence-corrected chi connectivity index (χ3v) is 3.02. The highest BCUT2D eigenvalue weighted by atomic mass is 16.7. The number of carbonyl (C=O) groups excluding carboxylic acids is 1. The first-order valence-corrected chi connectivity index (χ1v) is 5.73. The van der Waals surface area contributed by atoms with Gasteiger partial charge in [-0.25, -0.2) is 0 Å². The summed E-state index contributed by atoms with van der Waals surface area (Å²) < 4.78 is 1.59. The molecule has 2 aromatic rings. The number of hydrogen-bond donors (Lipinski definition) is 0. The molecule has 3 rings (SSSR count). The normalized spacial score (nSPS) is 13.7. The van der Waals surface area contributed by atoms with Gasteiger partial charge in [-0.05, 0) is 18.2 Å². The van der Waals surface area contributed by atoms with E-state index in [0.29, 0.717) is 11.3 Å². The highest BCUT2D eigenvalue weighted by Crippen LogP contribution is 2.28. The maximum Gasteiger partial charge on any atom is 0.313 e. The number of Topliss-reactive ketones (excluding diaryl/α,β-unsaturated/α-hetero) is 1. The molecule has 3 heteroatoms. The fraction of sp³-hybridized carbons (Fsp3) is 0.0667. The molecule has 0 saturated heterocycles. The fourth-order valence-electron chi connectivity index (χ4n) is 2.22. The molecule has 0 aromatic heterocycles. The molecule has 18 heavy (non-hydrogen) atoms. The smallest absolute Gasteiger partial charge is 0.281 e. The Morgan fingerprint density at radius 1 is 0.944 bits per heavy atom. The van der Waals surface area contributed by atoms with Crippen molar-refractivity contribution in [2.45, 2.75) is 0 Å². The number of hydrogen-bond acceptors (Lipinski definition) is 2. The zero-order chi connectivity index (χ0) is 12.5. The maximum absolute atomic E-state index is 12.4. The van der Waals surface area contributed by atoms with Gasteiger partial charge in [0.15, 0.2) is 0 Å². The minimum atomic E-state index is -0.00125. The summed E-state index contributed by atoms with van der Waals surface area (Å²) in [6.07, 6.45) is 0. The van der Waals surface area contributed by atoms with Crippen LogP contribution < -0.4 is 0 Å². The van der Waals surface area contributed by atoms with Crippen LogP contribution in [0.15, 0.2) is 54.6 Å². The first-order chi connectivity index (χ1) is 8.83. The predicted molar refractivity (Wildman–Crippen MR) is 68.3 cm³/mol. The molecule has 0 N–H and O–H groups in total. The number of para-hydroxylation sites is 1. The molecule has 0 fully saturated rings. The van der Waals surface area contributed by atoms with E-state index in [1.165, 1.54) is 0 Å². The Bertz CT molecular complexity index is 645. The van der Waals surface area contributed by atoms with Crippen molar-refractivity contribution < 1.29 is 14.4 Å². The molecule has 0 bridgehead atoms. The number of fused-ring (bicyclic) bond motifs is 1. The van der Waals surface area contributed by atoms with Crippen LogP contribution in [0.25, 0.3) is 0 Å². The molecule has 0 spiro atoms. The third-order valence-electron chi connectivity index (χ3n) is 3.02. The molecule has 0 amide bonds.